The van der Waals surface area contributed by atoms with E-state index in [0.29, 0.717) is 16.5 Å². The molecule has 0 fully saturated rings. The number of benzene rings is 2. The van der Waals surface area contributed by atoms with Gasteiger partial charge in [-0.25, -0.2) is 4.39 Å². The number of fused-ring (bicyclic) bond motifs is 1. The van der Waals surface area contributed by atoms with Gasteiger partial charge in [-0.15, -0.1) is 0 Å². The van der Waals surface area contributed by atoms with E-state index < -0.39 is 17.0 Å². The zero-order chi connectivity index (χ0) is 15.1. The van der Waals surface area contributed by atoms with Gasteiger partial charge in [0.05, 0.1) is 5.39 Å². The van der Waals surface area contributed by atoms with Gasteiger partial charge in [-0.05, 0) is 55.3 Å². The summed E-state index contributed by atoms with van der Waals surface area (Å²) >= 11 is 0. The highest BCUT2D eigenvalue weighted by Crippen LogP contribution is 2.31. The number of halogens is 1. The number of rotatable bonds is 1. The van der Waals surface area contributed by atoms with E-state index in [1.807, 2.05) is 19.9 Å². The van der Waals surface area contributed by atoms with Gasteiger partial charge in [0.25, 0.3) is 0 Å². The van der Waals surface area contributed by atoms with Gasteiger partial charge in [0, 0.05) is 5.56 Å². The summed E-state index contributed by atoms with van der Waals surface area (Å²) in [5, 5.41) is 10.4. The second-order valence-electron chi connectivity index (χ2n) is 5.07. The van der Waals surface area contributed by atoms with E-state index in [1.165, 1.54) is 24.3 Å². The van der Waals surface area contributed by atoms with E-state index in [9.17, 15) is 14.3 Å². The van der Waals surface area contributed by atoms with Crippen molar-refractivity contribution in [2.24, 2.45) is 0 Å². The molecular formula is C17H13FO3. The van der Waals surface area contributed by atoms with E-state index in [1.54, 1.807) is 6.07 Å². The standard InChI is InChI=1S/C17H13FO3/c1-9-7-10(2)16-13(8-9)14(19)15(20)17(21-16)11-3-5-12(18)6-4-11/h3-8,20H,1-2H3. The van der Waals surface area contributed by atoms with Gasteiger partial charge < -0.3 is 9.52 Å². The van der Waals surface area contributed by atoms with Crippen molar-refractivity contribution < 1.29 is 13.9 Å². The molecule has 0 aliphatic carbocycles. The lowest BCUT2D eigenvalue weighted by atomic mass is 10.1. The van der Waals surface area contributed by atoms with E-state index in [0.717, 1.165) is 11.1 Å². The molecule has 0 atom stereocenters. The minimum Gasteiger partial charge on any atom is -0.502 e. The van der Waals surface area contributed by atoms with E-state index in [2.05, 4.69) is 0 Å². The van der Waals surface area contributed by atoms with Gasteiger partial charge in [0.15, 0.2) is 5.76 Å². The van der Waals surface area contributed by atoms with Gasteiger partial charge in [0.1, 0.15) is 11.4 Å². The van der Waals surface area contributed by atoms with Crippen molar-refractivity contribution in [2.45, 2.75) is 13.8 Å². The van der Waals surface area contributed by atoms with Crippen molar-refractivity contribution in [1.29, 1.82) is 0 Å². The Labute approximate surface area is 120 Å². The Kier molecular flexibility index (Phi) is 3.01. The second-order valence-corrected chi connectivity index (χ2v) is 5.07. The fraction of sp³-hybridized carbons (Fsp3) is 0.118. The molecule has 4 heteroatoms. The van der Waals surface area contributed by atoms with Crippen molar-refractivity contribution >= 4 is 11.0 Å². The van der Waals surface area contributed by atoms with Crippen LogP contribution in [0, 0.1) is 19.7 Å². The Balaban J connectivity index is 2.37. The van der Waals surface area contributed by atoms with Crippen molar-refractivity contribution in [2.75, 3.05) is 0 Å². The van der Waals surface area contributed by atoms with Crippen LogP contribution in [-0.4, -0.2) is 5.11 Å². The van der Waals surface area contributed by atoms with Crippen LogP contribution in [0.1, 0.15) is 11.1 Å². The molecule has 0 amide bonds. The maximum atomic E-state index is 13.0. The third-order valence-corrected chi connectivity index (χ3v) is 3.40. The Morgan fingerprint density at radius 3 is 2.43 bits per heavy atom. The lowest BCUT2D eigenvalue weighted by Crippen LogP contribution is -2.04. The monoisotopic (exact) mass is 284 g/mol. The third kappa shape index (κ3) is 2.18. The molecule has 3 nitrogen and oxygen atoms in total. The van der Waals surface area contributed by atoms with Crippen LogP contribution in [-0.2, 0) is 0 Å². The fourth-order valence-corrected chi connectivity index (χ4v) is 2.44. The smallest absolute Gasteiger partial charge is 0.235 e. The highest BCUT2D eigenvalue weighted by Gasteiger charge is 2.16. The first-order chi connectivity index (χ1) is 9.97. The van der Waals surface area contributed by atoms with Crippen molar-refractivity contribution in [3.05, 3.63) is 63.6 Å². The van der Waals surface area contributed by atoms with Crippen LogP contribution in [0.2, 0.25) is 0 Å². The first-order valence-corrected chi connectivity index (χ1v) is 6.50. The van der Waals surface area contributed by atoms with Crippen LogP contribution in [0.3, 0.4) is 0 Å². The van der Waals surface area contributed by atoms with E-state index in [-0.39, 0.29) is 5.76 Å². The normalized spacial score (nSPS) is 11.0. The zero-order valence-corrected chi connectivity index (χ0v) is 11.6. The third-order valence-electron chi connectivity index (χ3n) is 3.40. The minimum absolute atomic E-state index is 0.0550. The molecule has 0 unspecified atom stereocenters. The molecule has 0 radical (unpaired) electrons. The maximum absolute atomic E-state index is 13.0. The summed E-state index contributed by atoms with van der Waals surface area (Å²) in [6.45, 7) is 3.71. The molecule has 3 aromatic rings. The Bertz CT molecular complexity index is 893. The molecule has 1 N–H and O–H groups in total. The van der Waals surface area contributed by atoms with Crippen LogP contribution >= 0.6 is 0 Å². The van der Waals surface area contributed by atoms with Gasteiger partial charge >= 0.3 is 0 Å². The van der Waals surface area contributed by atoms with Crippen LogP contribution in [0.15, 0.2) is 45.6 Å². The fourth-order valence-electron chi connectivity index (χ4n) is 2.44. The van der Waals surface area contributed by atoms with E-state index in [4.69, 9.17) is 4.42 Å². The first kappa shape index (κ1) is 13.4. The average molecular weight is 284 g/mol. The predicted octanol–water partition coefficient (Wildman–Crippen LogP) is 3.92. The quantitative estimate of drug-likeness (QED) is 0.736. The molecule has 0 saturated carbocycles. The van der Waals surface area contributed by atoms with Crippen LogP contribution in [0.4, 0.5) is 4.39 Å². The Hall–Kier alpha value is -2.62. The molecular weight excluding hydrogens is 271 g/mol. The summed E-state index contributed by atoms with van der Waals surface area (Å²) in [4.78, 5) is 12.3. The van der Waals surface area contributed by atoms with Crippen molar-refractivity contribution in [1.82, 2.24) is 0 Å². The topological polar surface area (TPSA) is 50.4 Å². The van der Waals surface area contributed by atoms with Gasteiger partial charge in [-0.3, -0.25) is 4.79 Å². The van der Waals surface area contributed by atoms with Crippen LogP contribution in [0.25, 0.3) is 22.3 Å². The molecule has 106 valence electrons. The summed E-state index contributed by atoms with van der Waals surface area (Å²) in [5.41, 5.74) is 2.13. The van der Waals surface area contributed by atoms with Gasteiger partial charge in [-0.2, -0.15) is 0 Å². The summed E-state index contributed by atoms with van der Waals surface area (Å²) in [5.74, 6) is -0.799. The van der Waals surface area contributed by atoms with Crippen molar-refractivity contribution in [3.8, 4) is 17.1 Å². The zero-order valence-electron chi connectivity index (χ0n) is 11.6. The molecule has 1 heterocycles. The number of hydrogen-bond donors (Lipinski definition) is 1. The molecule has 0 aliphatic rings. The SMILES string of the molecule is Cc1cc(C)c2oc(-c3ccc(F)cc3)c(O)c(=O)c2c1. The predicted molar refractivity (Wildman–Crippen MR) is 79.0 cm³/mol. The average Bonchev–Trinajstić information content (AvgIpc) is 2.44. The minimum atomic E-state index is -0.484. The highest BCUT2D eigenvalue weighted by atomic mass is 19.1. The number of aryl methyl sites for hydroxylation is 2. The van der Waals surface area contributed by atoms with Crippen LogP contribution < -0.4 is 5.43 Å². The molecule has 0 bridgehead atoms. The maximum Gasteiger partial charge on any atom is 0.235 e. The molecule has 0 aliphatic heterocycles. The number of hydrogen-bond acceptors (Lipinski definition) is 3. The van der Waals surface area contributed by atoms with Gasteiger partial charge in [0.2, 0.25) is 11.2 Å². The summed E-state index contributed by atoms with van der Waals surface area (Å²) in [7, 11) is 0. The molecule has 1 aromatic heterocycles. The Morgan fingerprint density at radius 2 is 1.76 bits per heavy atom. The van der Waals surface area contributed by atoms with Crippen molar-refractivity contribution in [3.63, 3.8) is 0 Å². The summed E-state index contributed by atoms with van der Waals surface area (Å²) in [6.07, 6.45) is 0. The molecule has 21 heavy (non-hydrogen) atoms. The summed E-state index contributed by atoms with van der Waals surface area (Å²) in [6, 6.07) is 9.01. The van der Waals surface area contributed by atoms with E-state index >= 15 is 0 Å². The molecule has 0 saturated heterocycles. The molecule has 2 aromatic carbocycles. The second kappa shape index (κ2) is 4.74. The molecule has 0 spiro atoms. The van der Waals surface area contributed by atoms with Crippen LogP contribution in [0.5, 0.6) is 5.75 Å². The lowest BCUT2D eigenvalue weighted by molar-refractivity contribution is 0.449. The Morgan fingerprint density at radius 1 is 1.10 bits per heavy atom. The first-order valence-electron chi connectivity index (χ1n) is 6.50. The molecule has 3 rings (SSSR count). The van der Waals surface area contributed by atoms with Gasteiger partial charge in [-0.1, -0.05) is 6.07 Å². The lowest BCUT2D eigenvalue weighted by Gasteiger charge is -2.08. The summed E-state index contributed by atoms with van der Waals surface area (Å²) < 4.78 is 18.7. The largest absolute Gasteiger partial charge is 0.502 e. The highest BCUT2D eigenvalue weighted by molar-refractivity contribution is 5.84. The number of aromatic hydroxyl groups is 1.